The van der Waals surface area contributed by atoms with E-state index in [-0.39, 0.29) is 12.8 Å². The van der Waals surface area contributed by atoms with E-state index in [1.54, 1.807) is 6.92 Å². The summed E-state index contributed by atoms with van der Waals surface area (Å²) in [7, 11) is 0. The van der Waals surface area contributed by atoms with Gasteiger partial charge in [-0.25, -0.2) is 0 Å². The van der Waals surface area contributed by atoms with Gasteiger partial charge in [-0.2, -0.15) is 0 Å². The molecule has 0 aromatic heterocycles. The molecule has 0 saturated heterocycles. The van der Waals surface area contributed by atoms with Crippen LogP contribution < -0.4 is 5.73 Å². The van der Waals surface area contributed by atoms with Crippen molar-refractivity contribution in [1.82, 2.24) is 0 Å². The predicted octanol–water partition coefficient (Wildman–Crippen LogP) is 1.97. The zero-order chi connectivity index (χ0) is 17.5. The first-order chi connectivity index (χ1) is 10.9. The Morgan fingerprint density at radius 2 is 1.74 bits per heavy atom. The molecule has 1 aliphatic rings. The van der Waals surface area contributed by atoms with Crippen molar-refractivity contribution < 1.29 is 29.0 Å². The summed E-state index contributed by atoms with van der Waals surface area (Å²) >= 11 is 0. The maximum atomic E-state index is 12.3. The van der Waals surface area contributed by atoms with Crippen molar-refractivity contribution >= 4 is 17.9 Å². The molecule has 23 heavy (non-hydrogen) atoms. The fourth-order valence-corrected chi connectivity index (χ4v) is 2.87. The minimum atomic E-state index is -1.29. The second-order valence-corrected chi connectivity index (χ2v) is 6.01. The van der Waals surface area contributed by atoms with Crippen LogP contribution in [0.3, 0.4) is 0 Å². The average Bonchev–Trinajstić information content (AvgIpc) is 2.54. The van der Waals surface area contributed by atoms with E-state index in [0.717, 1.165) is 19.3 Å². The molecule has 1 aliphatic carbocycles. The zero-order valence-corrected chi connectivity index (χ0v) is 13.9. The van der Waals surface area contributed by atoms with Crippen LogP contribution in [0.1, 0.15) is 65.2 Å². The summed E-state index contributed by atoms with van der Waals surface area (Å²) in [5.41, 5.74) is 4.63. The van der Waals surface area contributed by atoms with Gasteiger partial charge in [0.1, 0.15) is 6.04 Å². The minimum absolute atomic E-state index is 0.235. The summed E-state index contributed by atoms with van der Waals surface area (Å²) < 4.78 is 10.2. The van der Waals surface area contributed by atoms with Crippen molar-refractivity contribution in [2.24, 2.45) is 11.1 Å². The summed E-state index contributed by atoms with van der Waals surface area (Å²) in [4.78, 5) is 35.4. The van der Waals surface area contributed by atoms with Crippen LogP contribution in [0.2, 0.25) is 0 Å². The van der Waals surface area contributed by atoms with Crippen LogP contribution in [0.4, 0.5) is 0 Å². The second kappa shape index (κ2) is 8.86. The molecule has 0 heterocycles. The monoisotopic (exact) mass is 329 g/mol. The number of aliphatic carboxylic acids is 1. The van der Waals surface area contributed by atoms with Crippen LogP contribution in [-0.4, -0.2) is 35.3 Å². The van der Waals surface area contributed by atoms with Gasteiger partial charge in [0.15, 0.2) is 0 Å². The summed E-state index contributed by atoms with van der Waals surface area (Å²) in [6.45, 7) is 3.54. The molecule has 7 nitrogen and oxygen atoms in total. The van der Waals surface area contributed by atoms with Crippen molar-refractivity contribution in [1.29, 1.82) is 0 Å². The Morgan fingerprint density at radius 1 is 1.13 bits per heavy atom. The zero-order valence-electron chi connectivity index (χ0n) is 13.9. The quantitative estimate of drug-likeness (QED) is 0.516. The standard InChI is InChI=1S/C16H27NO6/c1-3-8-11(18)22-12(4-2)23-14(19)13(17)16(15(20)21)9-6-5-7-10-16/h12-13H,3-10,17H2,1-2H3,(H,20,21). The maximum Gasteiger partial charge on any atom is 0.327 e. The maximum absolute atomic E-state index is 12.3. The third-order valence-corrected chi connectivity index (χ3v) is 4.32. The number of carboxylic acid groups (broad SMARTS) is 1. The second-order valence-electron chi connectivity index (χ2n) is 6.01. The molecule has 1 saturated carbocycles. The first-order valence-corrected chi connectivity index (χ1v) is 8.26. The third-order valence-electron chi connectivity index (χ3n) is 4.32. The molecule has 0 aliphatic heterocycles. The molecule has 132 valence electrons. The smallest absolute Gasteiger partial charge is 0.327 e. The lowest BCUT2D eigenvalue weighted by molar-refractivity contribution is -0.193. The Kier molecular flexibility index (Phi) is 7.48. The SMILES string of the molecule is CCCC(=O)OC(CC)OC(=O)C(N)C1(C(=O)O)CCCCC1. The van der Waals surface area contributed by atoms with Crippen molar-refractivity contribution in [3.63, 3.8) is 0 Å². The minimum Gasteiger partial charge on any atom is -0.481 e. The van der Waals surface area contributed by atoms with Crippen LogP contribution in [0, 0.1) is 5.41 Å². The molecule has 2 atom stereocenters. The van der Waals surface area contributed by atoms with Gasteiger partial charge in [-0.15, -0.1) is 0 Å². The fraction of sp³-hybridized carbons (Fsp3) is 0.812. The number of carbonyl (C=O) groups excluding carboxylic acids is 2. The predicted molar refractivity (Wildman–Crippen MR) is 82.3 cm³/mol. The summed E-state index contributed by atoms with van der Waals surface area (Å²) in [6, 6.07) is -1.26. The number of carboxylic acids is 1. The van der Waals surface area contributed by atoms with Gasteiger partial charge in [0, 0.05) is 12.8 Å². The molecule has 0 aromatic carbocycles. The van der Waals surface area contributed by atoms with E-state index in [1.165, 1.54) is 0 Å². The van der Waals surface area contributed by atoms with Gasteiger partial charge in [0.25, 0.3) is 0 Å². The molecule has 0 radical (unpaired) electrons. The highest BCUT2D eigenvalue weighted by molar-refractivity contribution is 5.87. The molecule has 1 fully saturated rings. The highest BCUT2D eigenvalue weighted by atomic mass is 16.7. The molecule has 2 unspecified atom stereocenters. The van der Waals surface area contributed by atoms with Crippen molar-refractivity contribution in [3.05, 3.63) is 0 Å². The average molecular weight is 329 g/mol. The summed E-state index contributed by atoms with van der Waals surface area (Å²) in [6.07, 6.45) is 3.20. The number of nitrogens with two attached hydrogens (primary N) is 1. The topological polar surface area (TPSA) is 116 Å². The van der Waals surface area contributed by atoms with Crippen LogP contribution in [0.25, 0.3) is 0 Å². The normalized spacial score (nSPS) is 19.4. The van der Waals surface area contributed by atoms with E-state index in [2.05, 4.69) is 0 Å². The first kappa shape index (κ1) is 19.4. The Bertz CT molecular complexity index is 430. The van der Waals surface area contributed by atoms with Crippen molar-refractivity contribution in [2.75, 3.05) is 0 Å². The van der Waals surface area contributed by atoms with E-state index >= 15 is 0 Å². The third kappa shape index (κ3) is 4.92. The van der Waals surface area contributed by atoms with E-state index < -0.39 is 35.7 Å². The molecular weight excluding hydrogens is 302 g/mol. The largest absolute Gasteiger partial charge is 0.481 e. The number of carbonyl (C=O) groups is 3. The fourth-order valence-electron chi connectivity index (χ4n) is 2.87. The van der Waals surface area contributed by atoms with Gasteiger partial charge in [0.05, 0.1) is 5.41 Å². The van der Waals surface area contributed by atoms with Crippen molar-refractivity contribution in [2.45, 2.75) is 77.5 Å². The Balaban J connectivity index is 2.73. The lowest BCUT2D eigenvalue weighted by Gasteiger charge is -2.37. The molecule has 0 spiro atoms. The van der Waals surface area contributed by atoms with Crippen molar-refractivity contribution in [3.8, 4) is 0 Å². The van der Waals surface area contributed by atoms with Gasteiger partial charge in [-0.1, -0.05) is 33.1 Å². The first-order valence-electron chi connectivity index (χ1n) is 8.26. The van der Waals surface area contributed by atoms with Gasteiger partial charge in [-0.3, -0.25) is 14.4 Å². The molecular formula is C16H27NO6. The molecule has 0 aromatic rings. The molecule has 0 amide bonds. The van der Waals surface area contributed by atoms with E-state index in [0.29, 0.717) is 19.3 Å². The number of rotatable bonds is 8. The van der Waals surface area contributed by atoms with Gasteiger partial charge in [-0.05, 0) is 19.3 Å². The van der Waals surface area contributed by atoms with Gasteiger partial charge < -0.3 is 20.3 Å². The summed E-state index contributed by atoms with van der Waals surface area (Å²) in [5.74, 6) is -2.35. The van der Waals surface area contributed by atoms with Crippen LogP contribution in [-0.2, 0) is 23.9 Å². The number of esters is 2. The Labute approximate surface area is 136 Å². The highest BCUT2D eigenvalue weighted by Crippen LogP contribution is 2.39. The molecule has 1 rings (SSSR count). The lowest BCUT2D eigenvalue weighted by Crippen LogP contribution is -2.54. The Hall–Kier alpha value is -1.63. The Morgan fingerprint density at radius 3 is 2.22 bits per heavy atom. The van der Waals surface area contributed by atoms with Crippen LogP contribution in [0.5, 0.6) is 0 Å². The molecule has 0 bridgehead atoms. The van der Waals surface area contributed by atoms with E-state index in [9.17, 15) is 19.5 Å². The van der Waals surface area contributed by atoms with Crippen LogP contribution >= 0.6 is 0 Å². The van der Waals surface area contributed by atoms with Gasteiger partial charge >= 0.3 is 17.9 Å². The van der Waals surface area contributed by atoms with Gasteiger partial charge in [0.2, 0.25) is 6.29 Å². The number of hydrogen-bond acceptors (Lipinski definition) is 6. The van der Waals surface area contributed by atoms with E-state index in [4.69, 9.17) is 15.2 Å². The van der Waals surface area contributed by atoms with Crippen LogP contribution in [0.15, 0.2) is 0 Å². The highest BCUT2D eigenvalue weighted by Gasteiger charge is 2.49. The summed E-state index contributed by atoms with van der Waals surface area (Å²) in [5, 5.41) is 9.54. The molecule has 3 N–H and O–H groups in total. The van der Waals surface area contributed by atoms with E-state index in [1.807, 2.05) is 6.92 Å². The number of hydrogen-bond donors (Lipinski definition) is 2. The molecule has 7 heteroatoms. The number of ether oxygens (including phenoxy) is 2. The lowest BCUT2D eigenvalue weighted by atomic mass is 9.69.